The van der Waals surface area contributed by atoms with E-state index in [1.165, 1.54) is 16.8 Å². The first kappa shape index (κ1) is 13.8. The van der Waals surface area contributed by atoms with Crippen molar-refractivity contribution in [2.24, 2.45) is 13.0 Å². The largest absolute Gasteiger partial charge is 0.319 e. The van der Waals surface area contributed by atoms with Crippen LogP contribution in [0, 0.1) is 12.8 Å². The fraction of sp³-hybridized carbons (Fsp3) is 0.438. The standard InChI is InChI=1S/C16H23N3/c1-13-6-4-5-7-15(13)10-14(12-17-2)11-16-8-9-19(3)18-16/h4-9,14,17H,10-12H2,1-3H3. The highest BCUT2D eigenvalue weighted by atomic mass is 15.2. The van der Waals surface area contributed by atoms with Gasteiger partial charge in [0.2, 0.25) is 0 Å². The van der Waals surface area contributed by atoms with Crippen LogP contribution in [0.1, 0.15) is 16.8 Å². The zero-order chi connectivity index (χ0) is 13.7. The lowest BCUT2D eigenvalue weighted by Crippen LogP contribution is -2.23. The van der Waals surface area contributed by atoms with Crippen LogP contribution in [-0.4, -0.2) is 23.4 Å². The van der Waals surface area contributed by atoms with Gasteiger partial charge in [0.15, 0.2) is 0 Å². The van der Waals surface area contributed by atoms with Crippen LogP contribution in [0.25, 0.3) is 0 Å². The topological polar surface area (TPSA) is 29.9 Å². The Morgan fingerprint density at radius 1 is 1.21 bits per heavy atom. The third-order valence-electron chi connectivity index (χ3n) is 3.53. The number of nitrogens with one attached hydrogen (secondary N) is 1. The molecule has 2 aromatic rings. The van der Waals surface area contributed by atoms with Crippen molar-refractivity contribution in [1.29, 1.82) is 0 Å². The summed E-state index contributed by atoms with van der Waals surface area (Å²) in [6.07, 6.45) is 4.14. The van der Waals surface area contributed by atoms with Crippen molar-refractivity contribution >= 4 is 0 Å². The van der Waals surface area contributed by atoms with Gasteiger partial charge >= 0.3 is 0 Å². The third-order valence-corrected chi connectivity index (χ3v) is 3.53. The van der Waals surface area contributed by atoms with Gasteiger partial charge in [-0.05, 0) is 56.5 Å². The Kier molecular flexibility index (Phi) is 4.74. The average molecular weight is 257 g/mol. The highest BCUT2D eigenvalue weighted by Crippen LogP contribution is 2.16. The molecule has 0 amide bonds. The molecule has 1 heterocycles. The molecule has 3 nitrogen and oxygen atoms in total. The maximum atomic E-state index is 4.49. The van der Waals surface area contributed by atoms with Crippen LogP contribution in [-0.2, 0) is 19.9 Å². The molecule has 0 saturated heterocycles. The van der Waals surface area contributed by atoms with Gasteiger partial charge in [-0.2, -0.15) is 5.10 Å². The van der Waals surface area contributed by atoms with E-state index in [9.17, 15) is 0 Å². The van der Waals surface area contributed by atoms with Gasteiger partial charge in [-0.25, -0.2) is 0 Å². The van der Waals surface area contributed by atoms with Gasteiger partial charge in [0.05, 0.1) is 5.69 Å². The van der Waals surface area contributed by atoms with E-state index in [0.29, 0.717) is 5.92 Å². The summed E-state index contributed by atoms with van der Waals surface area (Å²) in [6, 6.07) is 10.8. The van der Waals surface area contributed by atoms with Crippen LogP contribution in [0.4, 0.5) is 0 Å². The van der Waals surface area contributed by atoms with Crippen LogP contribution >= 0.6 is 0 Å². The lowest BCUT2D eigenvalue weighted by atomic mass is 9.92. The third kappa shape index (κ3) is 3.93. The monoisotopic (exact) mass is 257 g/mol. The maximum absolute atomic E-state index is 4.49. The summed E-state index contributed by atoms with van der Waals surface area (Å²) in [5.74, 6) is 0.584. The summed E-state index contributed by atoms with van der Waals surface area (Å²) >= 11 is 0. The SMILES string of the molecule is CNCC(Cc1ccn(C)n1)Cc1ccccc1C. The van der Waals surface area contributed by atoms with E-state index in [-0.39, 0.29) is 0 Å². The van der Waals surface area contributed by atoms with Crippen molar-refractivity contribution < 1.29 is 0 Å². The predicted molar refractivity (Wildman–Crippen MR) is 79.2 cm³/mol. The fourth-order valence-electron chi connectivity index (χ4n) is 2.52. The number of aryl methyl sites for hydroxylation is 2. The Balaban J connectivity index is 2.06. The lowest BCUT2D eigenvalue weighted by molar-refractivity contribution is 0.484. The molecule has 0 fully saturated rings. The molecule has 0 aliphatic carbocycles. The molecule has 0 spiro atoms. The molecule has 1 aromatic heterocycles. The number of nitrogens with zero attached hydrogens (tertiary/aromatic N) is 2. The number of hydrogen-bond donors (Lipinski definition) is 1. The second-order valence-electron chi connectivity index (χ2n) is 5.24. The highest BCUT2D eigenvalue weighted by molar-refractivity contribution is 5.26. The normalized spacial score (nSPS) is 12.6. The van der Waals surface area contributed by atoms with Gasteiger partial charge in [-0.3, -0.25) is 4.68 Å². The average Bonchev–Trinajstić information content (AvgIpc) is 2.78. The molecule has 0 saturated carbocycles. The Hall–Kier alpha value is -1.61. The minimum atomic E-state index is 0.584. The van der Waals surface area contributed by atoms with Crippen molar-refractivity contribution in [2.75, 3.05) is 13.6 Å². The molecule has 0 radical (unpaired) electrons. The van der Waals surface area contributed by atoms with Crippen LogP contribution in [0.2, 0.25) is 0 Å². The molecular formula is C16H23N3. The maximum Gasteiger partial charge on any atom is 0.0627 e. The molecule has 0 bridgehead atoms. The van der Waals surface area contributed by atoms with Gasteiger partial charge in [-0.1, -0.05) is 24.3 Å². The van der Waals surface area contributed by atoms with Crippen LogP contribution in [0.15, 0.2) is 36.5 Å². The quantitative estimate of drug-likeness (QED) is 0.861. The molecule has 1 atom stereocenters. The minimum absolute atomic E-state index is 0.584. The summed E-state index contributed by atoms with van der Waals surface area (Å²) < 4.78 is 1.87. The summed E-state index contributed by atoms with van der Waals surface area (Å²) in [6.45, 7) is 3.21. The van der Waals surface area contributed by atoms with Crippen molar-refractivity contribution in [2.45, 2.75) is 19.8 Å². The molecule has 102 valence electrons. The Bertz CT molecular complexity index is 516. The molecule has 2 rings (SSSR count). The lowest BCUT2D eigenvalue weighted by Gasteiger charge is -2.16. The van der Waals surface area contributed by atoms with Crippen molar-refractivity contribution in [3.05, 3.63) is 53.3 Å². The number of aromatic nitrogens is 2. The molecule has 19 heavy (non-hydrogen) atoms. The van der Waals surface area contributed by atoms with E-state index in [0.717, 1.165) is 19.4 Å². The first-order chi connectivity index (χ1) is 9.19. The zero-order valence-corrected chi connectivity index (χ0v) is 12.1. The summed E-state index contributed by atoms with van der Waals surface area (Å²) in [7, 11) is 3.99. The van der Waals surface area contributed by atoms with E-state index in [2.05, 4.69) is 47.7 Å². The van der Waals surface area contributed by atoms with Gasteiger partial charge in [0.25, 0.3) is 0 Å². The van der Waals surface area contributed by atoms with Crippen molar-refractivity contribution in [3.8, 4) is 0 Å². The molecule has 1 unspecified atom stereocenters. The zero-order valence-electron chi connectivity index (χ0n) is 12.1. The fourth-order valence-corrected chi connectivity index (χ4v) is 2.52. The van der Waals surface area contributed by atoms with Gasteiger partial charge in [-0.15, -0.1) is 0 Å². The predicted octanol–water partition coefficient (Wildman–Crippen LogP) is 2.35. The van der Waals surface area contributed by atoms with Gasteiger partial charge < -0.3 is 5.32 Å². The Morgan fingerprint density at radius 3 is 2.63 bits per heavy atom. The highest BCUT2D eigenvalue weighted by Gasteiger charge is 2.12. The van der Waals surface area contributed by atoms with Crippen LogP contribution in [0.3, 0.4) is 0 Å². The Labute approximate surface area is 115 Å². The summed E-state index contributed by atoms with van der Waals surface area (Å²) in [5, 5.41) is 7.79. The second-order valence-corrected chi connectivity index (χ2v) is 5.24. The summed E-state index contributed by atoms with van der Waals surface area (Å²) in [4.78, 5) is 0. The van der Waals surface area contributed by atoms with Crippen molar-refractivity contribution in [1.82, 2.24) is 15.1 Å². The van der Waals surface area contributed by atoms with Crippen molar-refractivity contribution in [3.63, 3.8) is 0 Å². The van der Waals surface area contributed by atoms with Crippen LogP contribution in [0.5, 0.6) is 0 Å². The molecule has 1 aromatic carbocycles. The second kappa shape index (κ2) is 6.53. The Morgan fingerprint density at radius 2 is 2.00 bits per heavy atom. The van der Waals surface area contributed by atoms with E-state index in [1.807, 2.05) is 25.0 Å². The number of rotatable bonds is 6. The van der Waals surface area contributed by atoms with Gasteiger partial charge in [0, 0.05) is 13.2 Å². The smallest absolute Gasteiger partial charge is 0.0627 e. The van der Waals surface area contributed by atoms with E-state index in [4.69, 9.17) is 0 Å². The van der Waals surface area contributed by atoms with E-state index < -0.39 is 0 Å². The molecule has 3 heteroatoms. The molecule has 1 N–H and O–H groups in total. The summed E-state index contributed by atoms with van der Waals surface area (Å²) in [5.41, 5.74) is 4.00. The van der Waals surface area contributed by atoms with Crippen LogP contribution < -0.4 is 5.32 Å². The minimum Gasteiger partial charge on any atom is -0.319 e. The molecular weight excluding hydrogens is 234 g/mol. The van der Waals surface area contributed by atoms with E-state index in [1.54, 1.807) is 0 Å². The number of benzene rings is 1. The first-order valence-electron chi connectivity index (χ1n) is 6.86. The van der Waals surface area contributed by atoms with Gasteiger partial charge in [0.1, 0.15) is 0 Å². The van der Waals surface area contributed by atoms with E-state index >= 15 is 0 Å². The molecule has 0 aliphatic rings. The number of hydrogen-bond acceptors (Lipinski definition) is 2. The molecule has 0 aliphatic heterocycles. The first-order valence-corrected chi connectivity index (χ1v) is 6.86.